The molecule has 0 aliphatic carbocycles. The van der Waals surface area contributed by atoms with Crippen molar-refractivity contribution >= 4 is 23.5 Å². The molecule has 3 aromatic carbocycles. The number of carbonyl (C=O) groups is 2. The molecule has 0 aliphatic heterocycles. The number of nitrogens with zero attached hydrogens (tertiary/aromatic N) is 5. The highest BCUT2D eigenvalue weighted by Crippen LogP contribution is 2.36. The van der Waals surface area contributed by atoms with Gasteiger partial charge in [0.2, 0.25) is 0 Å². The zero-order valence-corrected chi connectivity index (χ0v) is 30.6. The first kappa shape index (κ1) is 39.2. The minimum Gasteiger partial charge on any atom is -0.493 e. The first-order valence-corrected chi connectivity index (χ1v) is 17.4. The summed E-state index contributed by atoms with van der Waals surface area (Å²) in [5.41, 5.74) is 12.7. The van der Waals surface area contributed by atoms with Gasteiger partial charge in [-0.1, -0.05) is 47.1 Å². The number of rotatable bonds is 19. The summed E-state index contributed by atoms with van der Waals surface area (Å²) in [5.74, 6) is 0.0314. The third-order valence-electron chi connectivity index (χ3n) is 8.35. The van der Waals surface area contributed by atoms with Gasteiger partial charge in [-0.15, -0.1) is 5.10 Å². The molecule has 54 heavy (non-hydrogen) atoms. The van der Waals surface area contributed by atoms with Gasteiger partial charge in [-0.25, -0.2) is 0 Å². The average molecular weight is 754 g/mol. The third-order valence-corrected chi connectivity index (χ3v) is 8.65. The maximum Gasteiger partial charge on any atom is 0.320 e. The van der Waals surface area contributed by atoms with Gasteiger partial charge in [-0.2, -0.15) is 5.26 Å². The van der Waals surface area contributed by atoms with Crippen molar-refractivity contribution in [3.05, 3.63) is 117 Å². The highest BCUT2D eigenvalue weighted by molar-refractivity contribution is 6.32. The maximum atomic E-state index is 11.8. The summed E-state index contributed by atoms with van der Waals surface area (Å²) in [5, 5.41) is 29.3. The molecule has 0 unspecified atom stereocenters. The number of carbonyl (C=O) groups excluding carboxylic acids is 1. The Hall–Kier alpha value is -6.01. The molecule has 0 amide bonds. The van der Waals surface area contributed by atoms with Crippen molar-refractivity contribution in [3.8, 4) is 34.4 Å². The molecule has 5 aromatic rings. The number of benzene rings is 3. The maximum absolute atomic E-state index is 11.8. The van der Waals surface area contributed by atoms with Crippen LogP contribution in [0.25, 0.3) is 11.1 Å². The van der Waals surface area contributed by atoms with Crippen molar-refractivity contribution in [2.24, 2.45) is 5.73 Å². The van der Waals surface area contributed by atoms with E-state index >= 15 is 0 Å². The zero-order chi connectivity index (χ0) is 38.5. The topological polar surface area (TPSA) is 197 Å². The van der Waals surface area contributed by atoms with E-state index in [2.05, 4.69) is 38.8 Å². The van der Waals surface area contributed by atoms with Gasteiger partial charge in [0.25, 0.3) is 0 Å². The molecule has 0 atom stereocenters. The Morgan fingerprint density at radius 3 is 2.50 bits per heavy atom. The van der Waals surface area contributed by atoms with Gasteiger partial charge in [0.15, 0.2) is 0 Å². The number of carboxylic acid groups (broad SMARTS) is 1. The van der Waals surface area contributed by atoms with E-state index in [1.54, 1.807) is 35.3 Å². The molecule has 0 saturated heterocycles. The quantitative estimate of drug-likeness (QED) is 0.0728. The lowest BCUT2D eigenvalue weighted by Gasteiger charge is -2.18. The van der Waals surface area contributed by atoms with Crippen LogP contribution >= 0.6 is 11.6 Å². The Morgan fingerprint density at radius 1 is 0.944 bits per heavy atom. The van der Waals surface area contributed by atoms with Gasteiger partial charge < -0.3 is 35.1 Å². The second kappa shape index (κ2) is 19.2. The summed E-state index contributed by atoms with van der Waals surface area (Å²) in [6.07, 6.45) is 5.55. The van der Waals surface area contributed by atoms with Crippen LogP contribution in [0.15, 0.2) is 73.2 Å². The van der Waals surface area contributed by atoms with Crippen LogP contribution in [0.1, 0.15) is 45.5 Å². The van der Waals surface area contributed by atoms with Crippen molar-refractivity contribution in [1.82, 2.24) is 25.3 Å². The fourth-order valence-electron chi connectivity index (χ4n) is 5.52. The number of hydrogen-bond acceptors (Lipinski definition) is 12. The highest BCUT2D eigenvalue weighted by atomic mass is 35.5. The van der Waals surface area contributed by atoms with Gasteiger partial charge >= 0.3 is 11.9 Å². The Bertz CT molecular complexity index is 2130. The number of ether oxygens (including phenoxy) is 4. The second-order valence-electron chi connectivity index (χ2n) is 12.2. The van der Waals surface area contributed by atoms with Crippen LogP contribution in [0.3, 0.4) is 0 Å². The molecule has 0 radical (unpaired) electrons. The molecule has 0 aliphatic rings. The lowest BCUT2D eigenvalue weighted by Crippen LogP contribution is -2.22. The van der Waals surface area contributed by atoms with E-state index in [0.29, 0.717) is 65.0 Å². The summed E-state index contributed by atoms with van der Waals surface area (Å²) in [4.78, 5) is 26.6. The average Bonchev–Trinajstić information content (AvgIpc) is 3.63. The molecule has 14 nitrogen and oxygen atoms in total. The van der Waals surface area contributed by atoms with Gasteiger partial charge in [0, 0.05) is 55.3 Å². The van der Waals surface area contributed by atoms with E-state index in [1.807, 2.05) is 38.1 Å². The number of halogens is 1. The minimum atomic E-state index is -0.928. The monoisotopic (exact) mass is 753 g/mol. The van der Waals surface area contributed by atoms with Gasteiger partial charge in [0.05, 0.1) is 36.0 Å². The van der Waals surface area contributed by atoms with Gasteiger partial charge in [-0.05, 0) is 59.9 Å². The first-order chi connectivity index (χ1) is 26.1. The van der Waals surface area contributed by atoms with Crippen LogP contribution in [0.4, 0.5) is 0 Å². The fraction of sp³-hybridized carbons (Fsp3) is 0.282. The van der Waals surface area contributed by atoms with E-state index < -0.39 is 11.9 Å². The van der Waals surface area contributed by atoms with Crippen LogP contribution < -0.4 is 25.3 Å². The largest absolute Gasteiger partial charge is 0.493 e. The van der Waals surface area contributed by atoms with Crippen LogP contribution in [-0.2, 0) is 47.2 Å². The molecular weight excluding hydrogens is 714 g/mol. The number of nitrogens with two attached hydrogens (primary N) is 1. The predicted octanol–water partition coefficient (Wildman–Crippen LogP) is 5.29. The molecule has 0 fully saturated rings. The van der Waals surface area contributed by atoms with Crippen LogP contribution in [0.5, 0.6) is 17.2 Å². The predicted molar refractivity (Wildman–Crippen MR) is 199 cm³/mol. The number of pyridine rings is 1. The number of nitriles is 1. The smallest absolute Gasteiger partial charge is 0.320 e. The summed E-state index contributed by atoms with van der Waals surface area (Å²) in [7, 11) is 0. The molecule has 0 saturated carbocycles. The van der Waals surface area contributed by atoms with E-state index in [0.717, 1.165) is 33.6 Å². The van der Waals surface area contributed by atoms with Gasteiger partial charge in [0.1, 0.15) is 43.1 Å². The Morgan fingerprint density at radius 2 is 1.72 bits per heavy atom. The molecule has 4 N–H and O–H groups in total. The third kappa shape index (κ3) is 10.8. The molecule has 2 heterocycles. The van der Waals surface area contributed by atoms with Crippen LogP contribution in [0, 0.1) is 25.2 Å². The number of carboxylic acids is 1. The van der Waals surface area contributed by atoms with E-state index in [4.69, 9.17) is 41.4 Å². The van der Waals surface area contributed by atoms with Crippen molar-refractivity contribution in [3.63, 3.8) is 0 Å². The zero-order valence-electron chi connectivity index (χ0n) is 29.9. The number of aryl methyl sites for hydroxylation is 1. The lowest BCUT2D eigenvalue weighted by atomic mass is 9.93. The summed E-state index contributed by atoms with van der Waals surface area (Å²) >= 11 is 6.66. The van der Waals surface area contributed by atoms with Crippen molar-refractivity contribution in [1.29, 1.82) is 5.26 Å². The molecule has 2 aromatic heterocycles. The number of hydrogen-bond donors (Lipinski definition) is 3. The molecule has 5 rings (SSSR count). The molecule has 15 heteroatoms. The lowest BCUT2D eigenvalue weighted by molar-refractivity contribution is -0.143. The molecule has 0 bridgehead atoms. The molecule has 280 valence electrons. The first-order valence-electron chi connectivity index (χ1n) is 17.1. The number of esters is 1. The van der Waals surface area contributed by atoms with E-state index in [1.165, 1.54) is 6.20 Å². The molecule has 0 spiro atoms. The minimum absolute atomic E-state index is 0.100. The summed E-state index contributed by atoms with van der Waals surface area (Å²) < 4.78 is 25.5. The summed E-state index contributed by atoms with van der Waals surface area (Å²) in [6, 6.07) is 19.0. The van der Waals surface area contributed by atoms with Gasteiger partial charge in [-0.3, -0.25) is 19.3 Å². The second-order valence-corrected chi connectivity index (χ2v) is 12.6. The van der Waals surface area contributed by atoms with E-state index in [9.17, 15) is 14.9 Å². The normalized spacial score (nSPS) is 10.8. The number of aromatic nitrogens is 4. The molecular formula is C39H40ClN7O7. The van der Waals surface area contributed by atoms with E-state index in [-0.39, 0.29) is 32.9 Å². The Balaban J connectivity index is 1.25. The number of aliphatic carboxylic acids is 1. The van der Waals surface area contributed by atoms with Crippen molar-refractivity contribution in [2.45, 2.75) is 53.2 Å². The van der Waals surface area contributed by atoms with Crippen molar-refractivity contribution < 1.29 is 33.6 Å². The standard InChI is InChI=1S/C39H40ClN7O7/c1-25-29(23-53-37-14-36(30(13-34(37)40)24-54-39(50)16-42)52-22-28-12-27(15-41)17-43-18-28)6-3-7-32(25)33-8-4-9-35(26(33)2)51-11-5-10-47-21-31(45-46-47)19-44-20-38(48)49/h3-4,6-9,12-14,17-18,21,44H,5,10-11,16,19-20,22-24,42H2,1-2H3,(H,48,49). The fourth-order valence-corrected chi connectivity index (χ4v) is 5.77. The van der Waals surface area contributed by atoms with Crippen LogP contribution in [-0.4, -0.2) is 56.7 Å². The van der Waals surface area contributed by atoms with Crippen LogP contribution in [0.2, 0.25) is 5.02 Å². The number of nitrogens with one attached hydrogen (secondary N) is 1. The SMILES string of the molecule is Cc1c(COc2cc(OCc3cncc(C#N)c3)c(COC(=O)CN)cc2Cl)cccc1-c1cccc(OCCCn2cc(CNCC(=O)O)nn2)c1C. The Labute approximate surface area is 317 Å². The van der Waals surface area contributed by atoms with Crippen molar-refractivity contribution in [2.75, 3.05) is 19.7 Å². The summed E-state index contributed by atoms with van der Waals surface area (Å²) in [6.45, 7) is 5.26. The highest BCUT2D eigenvalue weighted by Gasteiger charge is 2.16. The Kier molecular flexibility index (Phi) is 13.9.